The number of nitrogens with zero attached hydrogens (tertiary/aromatic N) is 5. The molecule has 1 aliphatic heterocycles. The molecular formula is C26H34N6O9S. The number of rotatable bonds is 14. The van der Waals surface area contributed by atoms with Crippen molar-refractivity contribution in [1.82, 2.24) is 18.8 Å². The van der Waals surface area contributed by atoms with Crippen molar-refractivity contribution in [3.05, 3.63) is 60.5 Å². The van der Waals surface area contributed by atoms with Crippen molar-refractivity contribution >= 4 is 22.0 Å². The second-order valence-corrected chi connectivity index (χ2v) is 11.8. The average Bonchev–Trinajstić information content (AvgIpc) is 3.29. The SMILES string of the molecule is CCCOc1ccc(S(=O)N2CCC(CO[N+](=O)[O-])(CO[N+](=O)[O-])CC2)cc1-c1nc2c(CCC)cn(C)c2c(=O)[nH]1. The number of nitrogens with one attached hydrogen (secondary N) is 1. The molecule has 1 aliphatic rings. The lowest BCUT2D eigenvalue weighted by Crippen LogP contribution is -2.46. The maximum Gasteiger partial charge on any atom is 0.294 e. The van der Waals surface area contributed by atoms with Crippen LogP contribution in [0.5, 0.6) is 5.75 Å². The molecule has 1 unspecified atom stereocenters. The van der Waals surface area contributed by atoms with Crippen LogP contribution in [0.2, 0.25) is 0 Å². The summed E-state index contributed by atoms with van der Waals surface area (Å²) in [6.45, 7) is 4.16. The second kappa shape index (κ2) is 13.3. The van der Waals surface area contributed by atoms with Crippen LogP contribution in [0.4, 0.5) is 0 Å². The van der Waals surface area contributed by atoms with Gasteiger partial charge in [0.2, 0.25) is 0 Å². The van der Waals surface area contributed by atoms with E-state index in [-0.39, 0.29) is 44.7 Å². The first-order chi connectivity index (χ1) is 20.1. The van der Waals surface area contributed by atoms with Crippen LogP contribution in [-0.2, 0) is 34.1 Å². The van der Waals surface area contributed by atoms with E-state index in [9.17, 15) is 29.2 Å². The molecule has 0 bridgehead atoms. The zero-order chi connectivity index (χ0) is 30.4. The molecule has 1 N–H and O–H groups in total. The van der Waals surface area contributed by atoms with E-state index in [1.54, 1.807) is 34.1 Å². The van der Waals surface area contributed by atoms with Crippen molar-refractivity contribution < 1.29 is 28.8 Å². The lowest BCUT2D eigenvalue weighted by molar-refractivity contribution is -0.772. The molecule has 2 aromatic heterocycles. The fraction of sp³-hybridized carbons (Fsp3) is 0.538. The van der Waals surface area contributed by atoms with Crippen molar-refractivity contribution in [2.24, 2.45) is 12.5 Å². The summed E-state index contributed by atoms with van der Waals surface area (Å²) in [5, 5.41) is 19.7. The van der Waals surface area contributed by atoms with Gasteiger partial charge in [0, 0.05) is 31.7 Å². The Morgan fingerprint density at radius 1 is 1.10 bits per heavy atom. The number of aryl methyl sites for hydroxylation is 2. The summed E-state index contributed by atoms with van der Waals surface area (Å²) >= 11 is 0. The fourth-order valence-corrected chi connectivity index (χ4v) is 6.30. The minimum atomic E-state index is -1.66. The van der Waals surface area contributed by atoms with Crippen LogP contribution in [0.25, 0.3) is 22.4 Å². The van der Waals surface area contributed by atoms with Crippen molar-refractivity contribution in [2.45, 2.75) is 50.8 Å². The van der Waals surface area contributed by atoms with Gasteiger partial charge >= 0.3 is 0 Å². The maximum atomic E-state index is 13.7. The number of ether oxygens (including phenoxy) is 1. The Kier molecular flexibility index (Phi) is 9.78. The third-order valence-electron chi connectivity index (χ3n) is 7.26. The Bertz CT molecular complexity index is 1510. The molecule has 1 fully saturated rings. The van der Waals surface area contributed by atoms with Crippen molar-refractivity contribution in [3.8, 4) is 17.1 Å². The monoisotopic (exact) mass is 606 g/mol. The molecule has 0 spiro atoms. The zero-order valence-corrected chi connectivity index (χ0v) is 24.5. The van der Waals surface area contributed by atoms with E-state index in [1.165, 1.54) is 0 Å². The Labute approximate surface area is 243 Å². The number of hydrogen-bond acceptors (Lipinski definition) is 10. The smallest absolute Gasteiger partial charge is 0.294 e. The predicted octanol–water partition coefficient (Wildman–Crippen LogP) is 3.19. The van der Waals surface area contributed by atoms with E-state index in [2.05, 4.69) is 21.6 Å². The molecule has 1 aromatic carbocycles. The molecule has 0 amide bonds. The summed E-state index contributed by atoms with van der Waals surface area (Å²) in [6.07, 6.45) is 4.76. The first-order valence-corrected chi connectivity index (χ1v) is 14.7. The maximum absolute atomic E-state index is 13.7. The van der Waals surface area contributed by atoms with Gasteiger partial charge in [-0.25, -0.2) is 13.5 Å². The minimum Gasteiger partial charge on any atom is -0.493 e. The summed E-state index contributed by atoms with van der Waals surface area (Å²) in [5.41, 5.74) is 1.24. The quantitative estimate of drug-likeness (QED) is 0.211. The molecule has 3 aromatic rings. The highest BCUT2D eigenvalue weighted by molar-refractivity contribution is 7.82. The largest absolute Gasteiger partial charge is 0.493 e. The van der Waals surface area contributed by atoms with Crippen LogP contribution in [0, 0.1) is 25.6 Å². The number of benzene rings is 1. The molecule has 0 aliphatic carbocycles. The van der Waals surface area contributed by atoms with E-state index < -0.39 is 26.6 Å². The number of fused-ring (bicyclic) bond motifs is 1. The molecule has 1 saturated heterocycles. The topological polar surface area (TPSA) is 185 Å². The lowest BCUT2D eigenvalue weighted by atomic mass is 9.80. The third kappa shape index (κ3) is 6.87. The Balaban J connectivity index is 1.64. The Hall–Kier alpha value is -4.05. The van der Waals surface area contributed by atoms with Crippen LogP contribution in [0.1, 0.15) is 45.1 Å². The van der Waals surface area contributed by atoms with Gasteiger partial charge in [-0.05, 0) is 49.4 Å². The van der Waals surface area contributed by atoms with Gasteiger partial charge in [0.1, 0.15) is 41.3 Å². The third-order valence-corrected chi connectivity index (χ3v) is 8.75. The van der Waals surface area contributed by atoms with E-state index in [0.29, 0.717) is 39.7 Å². The van der Waals surface area contributed by atoms with Crippen molar-refractivity contribution in [3.63, 3.8) is 0 Å². The summed E-state index contributed by atoms with van der Waals surface area (Å²) in [4.78, 5) is 51.9. The van der Waals surface area contributed by atoms with Crippen molar-refractivity contribution in [1.29, 1.82) is 0 Å². The number of H-pyrrole nitrogens is 1. The molecule has 3 heterocycles. The van der Waals surface area contributed by atoms with Gasteiger partial charge in [-0.1, -0.05) is 20.3 Å². The summed E-state index contributed by atoms with van der Waals surface area (Å²) < 4.78 is 23.1. The normalized spacial score (nSPS) is 15.8. The second-order valence-electron chi connectivity index (χ2n) is 10.3. The van der Waals surface area contributed by atoms with Gasteiger partial charge in [-0.15, -0.1) is 20.2 Å². The number of aromatic amines is 1. The number of aromatic nitrogens is 3. The van der Waals surface area contributed by atoms with E-state index >= 15 is 0 Å². The lowest BCUT2D eigenvalue weighted by Gasteiger charge is -2.39. The van der Waals surface area contributed by atoms with Crippen LogP contribution in [-0.4, -0.2) is 66.1 Å². The van der Waals surface area contributed by atoms with Gasteiger partial charge in [0.05, 0.1) is 22.6 Å². The van der Waals surface area contributed by atoms with Gasteiger partial charge < -0.3 is 24.0 Å². The summed E-state index contributed by atoms with van der Waals surface area (Å²) in [5.74, 6) is 0.784. The summed E-state index contributed by atoms with van der Waals surface area (Å²) in [7, 11) is 0.146. The Morgan fingerprint density at radius 2 is 1.76 bits per heavy atom. The van der Waals surface area contributed by atoms with Crippen LogP contribution in [0.3, 0.4) is 0 Å². The highest BCUT2D eigenvalue weighted by Crippen LogP contribution is 2.36. The van der Waals surface area contributed by atoms with Gasteiger partial charge in [-0.2, -0.15) is 0 Å². The van der Waals surface area contributed by atoms with Crippen LogP contribution < -0.4 is 10.3 Å². The summed E-state index contributed by atoms with van der Waals surface area (Å²) in [6, 6.07) is 5.06. The predicted molar refractivity (Wildman–Crippen MR) is 152 cm³/mol. The molecule has 4 rings (SSSR count). The molecule has 1 atom stereocenters. The van der Waals surface area contributed by atoms with Gasteiger partial charge in [-0.3, -0.25) is 4.79 Å². The highest BCUT2D eigenvalue weighted by atomic mass is 32.2. The highest BCUT2D eigenvalue weighted by Gasteiger charge is 2.39. The number of hydrogen-bond donors (Lipinski definition) is 1. The molecule has 15 nitrogen and oxygen atoms in total. The molecule has 228 valence electrons. The van der Waals surface area contributed by atoms with Crippen LogP contribution >= 0.6 is 0 Å². The van der Waals surface area contributed by atoms with E-state index in [0.717, 1.165) is 24.8 Å². The van der Waals surface area contributed by atoms with Crippen LogP contribution in [0.15, 0.2) is 34.1 Å². The molecular weight excluding hydrogens is 572 g/mol. The fourth-order valence-electron chi connectivity index (χ4n) is 5.08. The molecule has 16 heteroatoms. The molecule has 42 heavy (non-hydrogen) atoms. The van der Waals surface area contributed by atoms with E-state index in [1.807, 2.05) is 13.1 Å². The average molecular weight is 607 g/mol. The number of piperidine rings is 1. The van der Waals surface area contributed by atoms with Gasteiger partial charge in [0.25, 0.3) is 15.7 Å². The van der Waals surface area contributed by atoms with Crippen molar-refractivity contribution in [2.75, 3.05) is 32.9 Å². The standard InChI is InChI=1S/C26H34N6O9S/c1-4-6-18-15-29(3)23-22(18)27-24(28-25(23)33)20-14-19(7-8-21(20)39-13-5-2)42(38)30-11-9-26(10-12-30,16-40-31(34)35)17-41-32(36)37/h7-8,14-15H,4-6,9-13,16-17H2,1-3H3,(H,27,28,33). The van der Waals surface area contributed by atoms with E-state index in [4.69, 9.17) is 9.72 Å². The first-order valence-electron chi connectivity index (χ1n) is 13.6. The molecule has 0 saturated carbocycles. The minimum absolute atomic E-state index is 0.226. The molecule has 0 radical (unpaired) electrons. The first kappa shape index (κ1) is 30.9. The Morgan fingerprint density at radius 3 is 2.36 bits per heavy atom. The van der Waals surface area contributed by atoms with Gasteiger partial charge in [0.15, 0.2) is 0 Å². The zero-order valence-electron chi connectivity index (χ0n) is 23.7.